The van der Waals surface area contributed by atoms with Gasteiger partial charge in [-0.2, -0.15) is 0 Å². The van der Waals surface area contributed by atoms with E-state index < -0.39 is 6.23 Å². The van der Waals surface area contributed by atoms with Crippen LogP contribution in [0.25, 0.3) is 22.5 Å². The number of hydrogen-bond acceptors (Lipinski definition) is 2. The monoisotopic (exact) mass is 401 g/mol. The fraction of sp³-hybridized carbons (Fsp3) is 0.0345. The van der Waals surface area contributed by atoms with E-state index in [4.69, 9.17) is 10.5 Å². The van der Waals surface area contributed by atoms with Crippen molar-refractivity contribution in [3.8, 4) is 0 Å². The van der Waals surface area contributed by atoms with E-state index >= 15 is 0 Å². The number of ether oxygens (including phenoxy) is 1. The second-order valence-corrected chi connectivity index (χ2v) is 7.50. The number of hydrogen-bond donors (Lipinski definition) is 1. The highest BCUT2D eigenvalue weighted by Crippen LogP contribution is 2.47. The summed E-state index contributed by atoms with van der Waals surface area (Å²) in [6.07, 6.45) is -0.583. The smallest absolute Gasteiger partial charge is 0.175 e. The van der Waals surface area contributed by atoms with Crippen molar-refractivity contribution in [1.82, 2.24) is 0 Å². The van der Waals surface area contributed by atoms with E-state index in [-0.39, 0.29) is 0 Å². The lowest BCUT2D eigenvalue weighted by Gasteiger charge is -2.32. The van der Waals surface area contributed by atoms with Gasteiger partial charge in [0.1, 0.15) is 5.76 Å². The zero-order valence-corrected chi connectivity index (χ0v) is 17.1. The minimum absolute atomic E-state index is 0.583. The first-order valence-electron chi connectivity index (χ1n) is 10.5. The summed E-state index contributed by atoms with van der Waals surface area (Å²) in [6, 6.07) is 41.4. The Labute approximate surface area is 182 Å². The average molecular weight is 402 g/mol. The van der Waals surface area contributed by atoms with Crippen LogP contribution >= 0.6 is 0 Å². The zero-order chi connectivity index (χ0) is 21.0. The molecule has 2 N–H and O–H groups in total. The molecule has 1 aliphatic heterocycles. The zero-order valence-electron chi connectivity index (χ0n) is 17.1. The van der Waals surface area contributed by atoms with Crippen molar-refractivity contribution in [1.29, 1.82) is 0 Å². The van der Waals surface area contributed by atoms with Crippen LogP contribution in [0.15, 0.2) is 121 Å². The SMILES string of the molecule is NC1OC(c2ccccc2)=C(c2ccccc2)C(c2ccccc2)=C1c1ccccc1. The molecule has 0 amide bonds. The number of benzene rings is 4. The summed E-state index contributed by atoms with van der Waals surface area (Å²) in [5.74, 6) is 0.804. The molecule has 5 rings (SSSR count). The van der Waals surface area contributed by atoms with Gasteiger partial charge in [0.05, 0.1) is 0 Å². The molecule has 4 aromatic rings. The van der Waals surface area contributed by atoms with E-state index in [9.17, 15) is 0 Å². The van der Waals surface area contributed by atoms with Gasteiger partial charge in [-0.3, -0.25) is 5.73 Å². The molecule has 0 saturated carbocycles. The number of allylic oxidation sites excluding steroid dienone is 2. The Morgan fingerprint density at radius 3 is 1.32 bits per heavy atom. The van der Waals surface area contributed by atoms with Crippen LogP contribution in [0.2, 0.25) is 0 Å². The number of rotatable bonds is 4. The van der Waals surface area contributed by atoms with Crippen molar-refractivity contribution in [2.75, 3.05) is 0 Å². The van der Waals surface area contributed by atoms with Crippen LogP contribution in [-0.4, -0.2) is 6.23 Å². The van der Waals surface area contributed by atoms with Gasteiger partial charge in [-0.25, -0.2) is 0 Å². The highest BCUT2D eigenvalue weighted by molar-refractivity contribution is 6.22. The second-order valence-electron chi connectivity index (χ2n) is 7.50. The first kappa shape index (κ1) is 19.1. The van der Waals surface area contributed by atoms with Crippen molar-refractivity contribution in [3.63, 3.8) is 0 Å². The maximum Gasteiger partial charge on any atom is 0.175 e. The molecule has 0 fully saturated rings. The Bertz CT molecular complexity index is 1230. The van der Waals surface area contributed by atoms with Crippen molar-refractivity contribution >= 4 is 22.5 Å². The molecule has 0 bridgehead atoms. The maximum atomic E-state index is 6.69. The predicted octanol–water partition coefficient (Wildman–Crippen LogP) is 6.48. The molecule has 1 aliphatic rings. The summed E-state index contributed by atoms with van der Waals surface area (Å²) < 4.78 is 6.46. The molecule has 1 heterocycles. The van der Waals surface area contributed by atoms with Crippen molar-refractivity contribution in [3.05, 3.63) is 144 Å². The third kappa shape index (κ3) is 3.70. The van der Waals surface area contributed by atoms with Crippen LogP contribution < -0.4 is 5.73 Å². The maximum absolute atomic E-state index is 6.69. The molecule has 0 radical (unpaired) electrons. The highest BCUT2D eigenvalue weighted by atomic mass is 16.5. The number of nitrogens with two attached hydrogens (primary N) is 1. The lowest BCUT2D eigenvalue weighted by Crippen LogP contribution is -2.29. The molecule has 0 saturated heterocycles. The first-order chi connectivity index (χ1) is 15.3. The Hall–Kier alpha value is -3.88. The highest BCUT2D eigenvalue weighted by Gasteiger charge is 2.31. The Balaban J connectivity index is 1.89. The van der Waals surface area contributed by atoms with Gasteiger partial charge in [0, 0.05) is 22.3 Å². The molecule has 4 aromatic carbocycles. The molecule has 0 aromatic heterocycles. The molecule has 0 spiro atoms. The van der Waals surface area contributed by atoms with Gasteiger partial charge in [0.2, 0.25) is 0 Å². The molecule has 31 heavy (non-hydrogen) atoms. The van der Waals surface area contributed by atoms with Gasteiger partial charge in [-0.05, 0) is 16.7 Å². The van der Waals surface area contributed by atoms with Crippen molar-refractivity contribution in [2.45, 2.75) is 6.23 Å². The van der Waals surface area contributed by atoms with Crippen LogP contribution in [0.3, 0.4) is 0 Å². The molecule has 150 valence electrons. The average Bonchev–Trinajstić information content (AvgIpc) is 2.85. The van der Waals surface area contributed by atoms with Crippen molar-refractivity contribution < 1.29 is 4.74 Å². The van der Waals surface area contributed by atoms with E-state index in [1.165, 1.54) is 0 Å². The minimum Gasteiger partial charge on any atom is -0.470 e. The van der Waals surface area contributed by atoms with Gasteiger partial charge in [0.15, 0.2) is 6.23 Å². The molecule has 1 unspecified atom stereocenters. The molecular formula is C29H23NO. The Kier molecular flexibility index (Phi) is 5.22. The molecular weight excluding hydrogens is 378 g/mol. The van der Waals surface area contributed by atoms with Crippen molar-refractivity contribution in [2.24, 2.45) is 5.73 Å². The quantitative estimate of drug-likeness (QED) is 0.425. The van der Waals surface area contributed by atoms with Crippen LogP contribution in [-0.2, 0) is 4.74 Å². The lowest BCUT2D eigenvalue weighted by molar-refractivity contribution is 0.227. The summed E-state index contributed by atoms with van der Waals surface area (Å²) in [5.41, 5.74) is 14.1. The van der Waals surface area contributed by atoms with Crippen LogP contribution in [0.5, 0.6) is 0 Å². The fourth-order valence-corrected chi connectivity index (χ4v) is 4.15. The summed E-state index contributed by atoms with van der Waals surface area (Å²) in [4.78, 5) is 0. The summed E-state index contributed by atoms with van der Waals surface area (Å²) >= 11 is 0. The van der Waals surface area contributed by atoms with E-state index in [2.05, 4.69) is 72.8 Å². The minimum atomic E-state index is -0.583. The van der Waals surface area contributed by atoms with Gasteiger partial charge in [0.25, 0.3) is 0 Å². The predicted molar refractivity (Wildman–Crippen MR) is 128 cm³/mol. The van der Waals surface area contributed by atoms with E-state index in [1.54, 1.807) is 0 Å². The molecule has 2 heteroatoms. The van der Waals surface area contributed by atoms with Gasteiger partial charge in [-0.1, -0.05) is 121 Å². The van der Waals surface area contributed by atoms with Crippen LogP contribution in [0, 0.1) is 0 Å². The van der Waals surface area contributed by atoms with E-state index in [0.29, 0.717) is 0 Å². The first-order valence-corrected chi connectivity index (χ1v) is 10.5. The lowest BCUT2D eigenvalue weighted by atomic mass is 9.82. The second kappa shape index (κ2) is 8.47. The van der Waals surface area contributed by atoms with Gasteiger partial charge >= 0.3 is 0 Å². The Morgan fingerprint density at radius 1 is 0.452 bits per heavy atom. The van der Waals surface area contributed by atoms with E-state index in [0.717, 1.165) is 44.7 Å². The molecule has 1 atom stereocenters. The fourth-order valence-electron chi connectivity index (χ4n) is 4.15. The third-order valence-electron chi connectivity index (χ3n) is 5.52. The summed E-state index contributed by atoms with van der Waals surface area (Å²) in [7, 11) is 0. The van der Waals surface area contributed by atoms with E-state index in [1.807, 2.05) is 48.5 Å². The molecule has 0 aliphatic carbocycles. The third-order valence-corrected chi connectivity index (χ3v) is 5.52. The van der Waals surface area contributed by atoms with Gasteiger partial charge < -0.3 is 4.74 Å². The van der Waals surface area contributed by atoms with Gasteiger partial charge in [-0.15, -0.1) is 0 Å². The Morgan fingerprint density at radius 2 is 0.839 bits per heavy atom. The van der Waals surface area contributed by atoms with Crippen LogP contribution in [0.1, 0.15) is 22.3 Å². The normalized spacial score (nSPS) is 16.2. The summed E-state index contributed by atoms with van der Waals surface area (Å²) in [6.45, 7) is 0. The largest absolute Gasteiger partial charge is 0.470 e. The molecule has 2 nitrogen and oxygen atoms in total. The van der Waals surface area contributed by atoms with Crippen LogP contribution in [0.4, 0.5) is 0 Å². The standard InChI is InChI=1S/C29H23NO/c30-29-27(23-17-9-3-10-18-23)25(21-13-5-1-6-14-21)26(22-15-7-2-8-16-22)28(31-29)24-19-11-4-12-20-24/h1-20,29H,30H2. The summed E-state index contributed by atoms with van der Waals surface area (Å²) in [5, 5.41) is 0. The topological polar surface area (TPSA) is 35.2 Å².